The monoisotopic (exact) mass is 418 g/mol. The summed E-state index contributed by atoms with van der Waals surface area (Å²) in [6, 6.07) is 11.7. The fraction of sp³-hybridized carbons (Fsp3) is 0.435. The fourth-order valence-electron chi connectivity index (χ4n) is 3.65. The van der Waals surface area contributed by atoms with Crippen molar-refractivity contribution in [2.24, 2.45) is 11.7 Å². The lowest BCUT2D eigenvalue weighted by molar-refractivity contribution is -0.124. The first kappa shape index (κ1) is 23.2. The van der Waals surface area contributed by atoms with Gasteiger partial charge in [0.05, 0.1) is 6.04 Å². The van der Waals surface area contributed by atoms with Crippen molar-refractivity contribution in [3.63, 3.8) is 0 Å². The first-order valence-corrected chi connectivity index (χ1v) is 9.89. The first-order valence-electron chi connectivity index (χ1n) is 9.89. The Balaban J connectivity index is 0.00000300. The van der Waals surface area contributed by atoms with Crippen molar-refractivity contribution in [2.45, 2.75) is 46.2 Å². The van der Waals surface area contributed by atoms with Crippen LogP contribution < -0.4 is 15.8 Å². The Kier molecular flexibility index (Phi) is 8.50. The van der Waals surface area contributed by atoms with E-state index in [1.165, 1.54) is 11.1 Å². The number of amides is 1. The molecule has 1 saturated heterocycles. The van der Waals surface area contributed by atoms with Crippen LogP contribution in [0, 0.1) is 26.7 Å². The second kappa shape index (κ2) is 10.6. The molecule has 0 aliphatic carbocycles. The van der Waals surface area contributed by atoms with Crippen molar-refractivity contribution in [2.75, 3.05) is 13.2 Å². The Bertz CT molecular complexity index is 815. The first-order chi connectivity index (χ1) is 13.4. The molecule has 0 bridgehead atoms. The average Bonchev–Trinajstić information content (AvgIpc) is 2.67. The molecule has 2 aromatic carbocycles. The maximum absolute atomic E-state index is 12.4. The van der Waals surface area contributed by atoms with Crippen molar-refractivity contribution < 1.29 is 14.3 Å². The summed E-state index contributed by atoms with van der Waals surface area (Å²) in [5.41, 5.74) is 10.5. The van der Waals surface area contributed by atoms with Gasteiger partial charge in [0.2, 0.25) is 5.91 Å². The standard InChI is InChI=1S/C23H30N2O3.ClH/c1-15-10-16(2)12-20(11-15)28-21-5-4-18(13-17(21)3)14-25-23(26)22(24)19-6-8-27-9-7-19;/h4-5,10-13,19,22H,6-9,14,24H2,1-3H3,(H,25,26);1H. The van der Waals surface area contributed by atoms with E-state index in [0.717, 1.165) is 35.5 Å². The number of nitrogens with two attached hydrogens (primary N) is 1. The number of rotatable bonds is 6. The summed E-state index contributed by atoms with van der Waals surface area (Å²) in [4.78, 5) is 12.4. The van der Waals surface area contributed by atoms with Gasteiger partial charge < -0.3 is 20.5 Å². The second-order valence-corrected chi connectivity index (χ2v) is 7.72. The normalized spacial score (nSPS) is 15.3. The van der Waals surface area contributed by atoms with E-state index in [0.29, 0.717) is 19.8 Å². The third-order valence-electron chi connectivity index (χ3n) is 5.21. The Morgan fingerprint density at radius 1 is 1.14 bits per heavy atom. The molecule has 1 amide bonds. The molecule has 0 spiro atoms. The highest BCUT2D eigenvalue weighted by Gasteiger charge is 2.26. The molecule has 1 heterocycles. The van der Waals surface area contributed by atoms with Gasteiger partial charge in [0.15, 0.2) is 0 Å². The molecule has 1 aliphatic heterocycles. The number of hydrogen-bond donors (Lipinski definition) is 2. The van der Waals surface area contributed by atoms with E-state index in [4.69, 9.17) is 15.2 Å². The lowest BCUT2D eigenvalue weighted by atomic mass is 9.92. The highest BCUT2D eigenvalue weighted by Crippen LogP contribution is 2.27. The predicted molar refractivity (Wildman–Crippen MR) is 118 cm³/mol. The molecule has 6 heteroatoms. The van der Waals surface area contributed by atoms with Crippen LogP contribution in [0.2, 0.25) is 0 Å². The van der Waals surface area contributed by atoms with Gasteiger partial charge in [0, 0.05) is 19.8 Å². The van der Waals surface area contributed by atoms with Crippen LogP contribution in [0.1, 0.15) is 35.1 Å². The largest absolute Gasteiger partial charge is 0.457 e. The van der Waals surface area contributed by atoms with Gasteiger partial charge in [0.25, 0.3) is 0 Å². The quantitative estimate of drug-likeness (QED) is 0.737. The summed E-state index contributed by atoms with van der Waals surface area (Å²) in [6.45, 7) is 7.96. The zero-order chi connectivity index (χ0) is 20.1. The van der Waals surface area contributed by atoms with Crippen LogP contribution in [0.15, 0.2) is 36.4 Å². The Morgan fingerprint density at radius 2 is 1.79 bits per heavy atom. The fourth-order valence-corrected chi connectivity index (χ4v) is 3.65. The van der Waals surface area contributed by atoms with Crippen molar-refractivity contribution in [1.82, 2.24) is 5.32 Å². The van der Waals surface area contributed by atoms with Crippen LogP contribution in [0.5, 0.6) is 11.5 Å². The molecular weight excluding hydrogens is 388 g/mol. The van der Waals surface area contributed by atoms with E-state index in [9.17, 15) is 4.79 Å². The smallest absolute Gasteiger partial charge is 0.237 e. The predicted octanol–water partition coefficient (Wildman–Crippen LogP) is 4.20. The minimum atomic E-state index is -0.475. The second-order valence-electron chi connectivity index (χ2n) is 7.72. The number of halogens is 1. The van der Waals surface area contributed by atoms with Crippen LogP contribution in [-0.2, 0) is 16.1 Å². The van der Waals surface area contributed by atoms with Gasteiger partial charge in [-0.05, 0) is 80.0 Å². The van der Waals surface area contributed by atoms with Gasteiger partial charge in [-0.3, -0.25) is 4.79 Å². The number of ether oxygens (including phenoxy) is 2. The number of nitrogens with one attached hydrogen (secondary N) is 1. The molecule has 29 heavy (non-hydrogen) atoms. The van der Waals surface area contributed by atoms with Crippen LogP contribution in [0.4, 0.5) is 0 Å². The molecule has 1 fully saturated rings. The Morgan fingerprint density at radius 3 is 2.41 bits per heavy atom. The van der Waals surface area contributed by atoms with E-state index in [1.54, 1.807) is 0 Å². The number of carbonyl (C=O) groups excluding carboxylic acids is 1. The molecule has 1 aliphatic rings. The van der Waals surface area contributed by atoms with E-state index < -0.39 is 6.04 Å². The van der Waals surface area contributed by atoms with Gasteiger partial charge in [0.1, 0.15) is 11.5 Å². The molecule has 0 radical (unpaired) electrons. The summed E-state index contributed by atoms with van der Waals surface area (Å²) in [6.07, 6.45) is 1.69. The number of benzene rings is 2. The van der Waals surface area contributed by atoms with Crippen LogP contribution >= 0.6 is 12.4 Å². The van der Waals surface area contributed by atoms with Gasteiger partial charge in [-0.25, -0.2) is 0 Å². The lowest BCUT2D eigenvalue weighted by Gasteiger charge is -2.26. The third kappa shape index (κ3) is 6.46. The highest BCUT2D eigenvalue weighted by molar-refractivity contribution is 5.85. The minimum absolute atomic E-state index is 0. The molecule has 1 atom stereocenters. The van der Waals surface area contributed by atoms with E-state index >= 15 is 0 Å². The van der Waals surface area contributed by atoms with E-state index in [-0.39, 0.29) is 24.2 Å². The molecule has 3 rings (SSSR count). The van der Waals surface area contributed by atoms with Crippen molar-refractivity contribution >= 4 is 18.3 Å². The molecule has 0 saturated carbocycles. The number of hydrogen-bond acceptors (Lipinski definition) is 4. The van der Waals surface area contributed by atoms with Gasteiger partial charge >= 0.3 is 0 Å². The Labute approximate surface area is 179 Å². The molecule has 5 nitrogen and oxygen atoms in total. The van der Waals surface area contributed by atoms with Crippen molar-refractivity contribution in [3.05, 3.63) is 58.7 Å². The molecule has 1 unspecified atom stereocenters. The van der Waals surface area contributed by atoms with Crippen LogP contribution in [0.25, 0.3) is 0 Å². The zero-order valence-electron chi connectivity index (χ0n) is 17.4. The number of carbonyl (C=O) groups is 1. The highest BCUT2D eigenvalue weighted by atomic mass is 35.5. The molecule has 0 aromatic heterocycles. The van der Waals surface area contributed by atoms with Crippen molar-refractivity contribution in [3.8, 4) is 11.5 Å². The van der Waals surface area contributed by atoms with Gasteiger partial charge in [-0.1, -0.05) is 18.2 Å². The topological polar surface area (TPSA) is 73.6 Å². The number of aryl methyl sites for hydroxylation is 3. The lowest BCUT2D eigenvalue weighted by Crippen LogP contribution is -2.46. The maximum Gasteiger partial charge on any atom is 0.237 e. The van der Waals surface area contributed by atoms with Gasteiger partial charge in [-0.15, -0.1) is 12.4 Å². The maximum atomic E-state index is 12.4. The zero-order valence-corrected chi connectivity index (χ0v) is 18.2. The van der Waals surface area contributed by atoms with Crippen LogP contribution in [-0.4, -0.2) is 25.2 Å². The van der Waals surface area contributed by atoms with Crippen LogP contribution in [0.3, 0.4) is 0 Å². The SMILES string of the molecule is Cc1cc(C)cc(Oc2ccc(CNC(=O)C(N)C3CCOCC3)cc2C)c1.Cl. The average molecular weight is 419 g/mol. The van der Waals surface area contributed by atoms with E-state index in [2.05, 4.69) is 25.2 Å². The molecule has 3 N–H and O–H groups in total. The summed E-state index contributed by atoms with van der Waals surface area (Å²) < 4.78 is 11.4. The summed E-state index contributed by atoms with van der Waals surface area (Å²) in [7, 11) is 0. The van der Waals surface area contributed by atoms with Gasteiger partial charge in [-0.2, -0.15) is 0 Å². The molecule has 2 aromatic rings. The third-order valence-corrected chi connectivity index (χ3v) is 5.21. The Hall–Kier alpha value is -2.08. The minimum Gasteiger partial charge on any atom is -0.457 e. The summed E-state index contributed by atoms with van der Waals surface area (Å²) in [5, 5.41) is 2.96. The summed E-state index contributed by atoms with van der Waals surface area (Å²) >= 11 is 0. The van der Waals surface area contributed by atoms with Crippen molar-refractivity contribution in [1.29, 1.82) is 0 Å². The van der Waals surface area contributed by atoms with E-state index in [1.807, 2.05) is 37.3 Å². The summed E-state index contributed by atoms with van der Waals surface area (Å²) in [5.74, 6) is 1.76. The molecular formula is C23H31ClN2O3. The molecule has 158 valence electrons.